The van der Waals surface area contributed by atoms with Crippen LogP contribution in [-0.4, -0.2) is 0 Å². The van der Waals surface area contributed by atoms with E-state index in [1.807, 2.05) is 13.0 Å². The normalized spacial score (nSPS) is 13.1. The van der Waals surface area contributed by atoms with E-state index in [9.17, 15) is 4.39 Å². The van der Waals surface area contributed by atoms with E-state index in [0.717, 1.165) is 6.42 Å². The van der Waals surface area contributed by atoms with Crippen LogP contribution in [0.5, 0.6) is 0 Å². The monoisotopic (exact) mass is 114 g/mol. The standard InChI is InChI=1S/C7H11F/c1-3-4-5-6-7(2)8/h4-6H,3H2,1-2H3/b5-4+,7-6-. The summed E-state index contributed by atoms with van der Waals surface area (Å²) in [6, 6.07) is 0. The van der Waals surface area contributed by atoms with Crippen molar-refractivity contribution >= 4 is 0 Å². The van der Waals surface area contributed by atoms with E-state index in [1.54, 1.807) is 6.08 Å². The van der Waals surface area contributed by atoms with Gasteiger partial charge < -0.3 is 0 Å². The molecule has 0 fully saturated rings. The number of allylic oxidation sites excluding steroid dienone is 4. The van der Waals surface area contributed by atoms with Crippen LogP contribution in [0.1, 0.15) is 20.3 Å². The molecule has 0 nitrogen and oxygen atoms in total. The van der Waals surface area contributed by atoms with Gasteiger partial charge in [0.2, 0.25) is 0 Å². The van der Waals surface area contributed by atoms with Crippen molar-refractivity contribution in [1.82, 2.24) is 0 Å². The molecular formula is C7H11F. The molecule has 0 N–H and O–H groups in total. The number of halogens is 1. The molecule has 46 valence electrons. The van der Waals surface area contributed by atoms with Crippen LogP contribution in [-0.2, 0) is 0 Å². The van der Waals surface area contributed by atoms with E-state index in [1.165, 1.54) is 13.0 Å². The van der Waals surface area contributed by atoms with Gasteiger partial charge in [-0.2, -0.15) is 0 Å². The smallest absolute Gasteiger partial charge is 0.0968 e. The van der Waals surface area contributed by atoms with E-state index in [2.05, 4.69) is 0 Å². The molecule has 1 heteroatoms. The van der Waals surface area contributed by atoms with Crippen LogP contribution in [0.2, 0.25) is 0 Å². The lowest BCUT2D eigenvalue weighted by Gasteiger charge is -1.76. The topological polar surface area (TPSA) is 0 Å². The fraction of sp³-hybridized carbons (Fsp3) is 0.429. The summed E-state index contributed by atoms with van der Waals surface area (Å²) in [6.45, 7) is 3.44. The lowest BCUT2D eigenvalue weighted by molar-refractivity contribution is 0.640. The fourth-order valence-corrected chi connectivity index (χ4v) is 0.337. The Kier molecular flexibility index (Phi) is 4.23. The molecule has 0 rings (SSSR count). The van der Waals surface area contributed by atoms with E-state index < -0.39 is 0 Å². The van der Waals surface area contributed by atoms with Gasteiger partial charge in [-0.25, -0.2) is 4.39 Å². The van der Waals surface area contributed by atoms with Crippen molar-refractivity contribution in [2.24, 2.45) is 0 Å². The van der Waals surface area contributed by atoms with Crippen LogP contribution in [0.25, 0.3) is 0 Å². The third kappa shape index (κ3) is 5.41. The van der Waals surface area contributed by atoms with Crippen molar-refractivity contribution < 1.29 is 4.39 Å². The van der Waals surface area contributed by atoms with Gasteiger partial charge in [0.25, 0.3) is 0 Å². The zero-order valence-corrected chi connectivity index (χ0v) is 5.32. The Morgan fingerprint density at radius 3 is 2.62 bits per heavy atom. The fourth-order valence-electron chi connectivity index (χ4n) is 0.337. The minimum Gasteiger partial charge on any atom is -0.212 e. The van der Waals surface area contributed by atoms with Gasteiger partial charge >= 0.3 is 0 Å². The first-order valence-electron chi connectivity index (χ1n) is 2.76. The van der Waals surface area contributed by atoms with Crippen molar-refractivity contribution in [1.29, 1.82) is 0 Å². The highest BCUT2D eigenvalue weighted by Gasteiger charge is 1.72. The third-order valence-electron chi connectivity index (χ3n) is 0.698. The van der Waals surface area contributed by atoms with E-state index in [0.29, 0.717) is 0 Å². The summed E-state index contributed by atoms with van der Waals surface area (Å²) in [4.78, 5) is 0. The maximum absolute atomic E-state index is 11.8. The Hall–Kier alpha value is -0.590. The summed E-state index contributed by atoms with van der Waals surface area (Å²) in [5, 5.41) is 0. The molecule has 0 aliphatic heterocycles. The molecular weight excluding hydrogens is 103 g/mol. The first-order chi connectivity index (χ1) is 3.77. The first kappa shape index (κ1) is 7.41. The molecule has 0 saturated carbocycles. The van der Waals surface area contributed by atoms with Crippen LogP contribution in [0, 0.1) is 0 Å². The van der Waals surface area contributed by atoms with Gasteiger partial charge in [-0.1, -0.05) is 19.1 Å². The predicted molar refractivity (Wildman–Crippen MR) is 34.3 cm³/mol. The maximum Gasteiger partial charge on any atom is 0.0968 e. The summed E-state index contributed by atoms with van der Waals surface area (Å²) < 4.78 is 11.8. The van der Waals surface area contributed by atoms with Gasteiger partial charge in [-0.3, -0.25) is 0 Å². The molecule has 0 aromatic rings. The van der Waals surface area contributed by atoms with Crippen LogP contribution >= 0.6 is 0 Å². The Morgan fingerprint density at radius 2 is 2.25 bits per heavy atom. The number of hydrogen-bond donors (Lipinski definition) is 0. The summed E-state index contributed by atoms with van der Waals surface area (Å²) in [7, 11) is 0. The van der Waals surface area contributed by atoms with E-state index in [4.69, 9.17) is 0 Å². The van der Waals surface area contributed by atoms with Crippen molar-refractivity contribution in [3.63, 3.8) is 0 Å². The minimum absolute atomic E-state index is 0.144. The molecule has 0 atom stereocenters. The Labute approximate surface area is 49.7 Å². The first-order valence-corrected chi connectivity index (χ1v) is 2.76. The molecule has 0 spiro atoms. The highest BCUT2D eigenvalue weighted by Crippen LogP contribution is 1.92. The van der Waals surface area contributed by atoms with Crippen molar-refractivity contribution in [2.45, 2.75) is 20.3 Å². The number of rotatable bonds is 2. The molecule has 0 unspecified atom stereocenters. The molecule has 0 aliphatic rings. The minimum atomic E-state index is -0.144. The quantitative estimate of drug-likeness (QED) is 0.484. The summed E-state index contributed by atoms with van der Waals surface area (Å²) in [5.41, 5.74) is 0. The molecule has 0 aromatic carbocycles. The molecule has 0 saturated heterocycles. The highest BCUT2D eigenvalue weighted by atomic mass is 19.1. The van der Waals surface area contributed by atoms with Crippen LogP contribution < -0.4 is 0 Å². The molecule has 0 aromatic heterocycles. The largest absolute Gasteiger partial charge is 0.212 e. The average molecular weight is 114 g/mol. The van der Waals surface area contributed by atoms with Gasteiger partial charge in [-0.15, -0.1) is 0 Å². The van der Waals surface area contributed by atoms with E-state index >= 15 is 0 Å². The zero-order chi connectivity index (χ0) is 6.41. The molecule has 0 amide bonds. The second kappa shape index (κ2) is 4.57. The number of hydrogen-bond acceptors (Lipinski definition) is 0. The third-order valence-corrected chi connectivity index (χ3v) is 0.698. The molecule has 0 bridgehead atoms. The van der Waals surface area contributed by atoms with Crippen molar-refractivity contribution in [3.8, 4) is 0 Å². The molecule has 0 heterocycles. The predicted octanol–water partition coefficient (Wildman–Crippen LogP) is 2.83. The lowest BCUT2D eigenvalue weighted by Crippen LogP contribution is -1.56. The second-order valence-corrected chi connectivity index (χ2v) is 1.59. The highest BCUT2D eigenvalue weighted by molar-refractivity contribution is 5.04. The molecule has 0 aliphatic carbocycles. The molecule has 0 radical (unpaired) electrons. The Bertz CT molecular complexity index is 97.0. The maximum atomic E-state index is 11.8. The average Bonchev–Trinajstić information content (AvgIpc) is 1.66. The van der Waals surface area contributed by atoms with Crippen LogP contribution in [0.3, 0.4) is 0 Å². The van der Waals surface area contributed by atoms with E-state index in [-0.39, 0.29) is 5.83 Å². The Balaban J connectivity index is 3.42. The van der Waals surface area contributed by atoms with Gasteiger partial charge in [0.05, 0.1) is 5.83 Å². The van der Waals surface area contributed by atoms with Gasteiger partial charge in [0, 0.05) is 0 Å². The summed E-state index contributed by atoms with van der Waals surface area (Å²) in [6.07, 6.45) is 6.03. The van der Waals surface area contributed by atoms with Gasteiger partial charge in [-0.05, 0) is 19.4 Å². The lowest BCUT2D eigenvalue weighted by atomic mass is 10.4. The van der Waals surface area contributed by atoms with Crippen LogP contribution in [0.4, 0.5) is 4.39 Å². The van der Waals surface area contributed by atoms with Crippen molar-refractivity contribution in [2.75, 3.05) is 0 Å². The second-order valence-electron chi connectivity index (χ2n) is 1.59. The SMILES string of the molecule is CC/C=C/C=C(/C)F. The van der Waals surface area contributed by atoms with Gasteiger partial charge in [0.15, 0.2) is 0 Å². The summed E-state index contributed by atoms with van der Waals surface area (Å²) >= 11 is 0. The summed E-state index contributed by atoms with van der Waals surface area (Å²) in [5.74, 6) is -0.144. The van der Waals surface area contributed by atoms with Crippen LogP contribution in [0.15, 0.2) is 24.1 Å². The van der Waals surface area contributed by atoms with Gasteiger partial charge in [0.1, 0.15) is 0 Å². The van der Waals surface area contributed by atoms with Crippen molar-refractivity contribution in [3.05, 3.63) is 24.1 Å². The molecule has 8 heavy (non-hydrogen) atoms. The Morgan fingerprint density at radius 1 is 1.62 bits per heavy atom. The zero-order valence-electron chi connectivity index (χ0n) is 5.32.